The number of hydrogen-bond acceptors (Lipinski definition) is 3. The largest absolute Gasteiger partial charge is 0.481 e. The summed E-state index contributed by atoms with van der Waals surface area (Å²) in [6, 6.07) is 8.71. The highest BCUT2D eigenvalue weighted by Gasteiger charge is 2.43. The summed E-state index contributed by atoms with van der Waals surface area (Å²) in [5.41, 5.74) is 5.51. The summed E-state index contributed by atoms with van der Waals surface area (Å²) in [4.78, 5) is 25.3. The minimum atomic E-state index is -0.893. The molecule has 0 aromatic heterocycles. The predicted molar refractivity (Wildman–Crippen MR) is 75.2 cm³/mol. The first kappa shape index (κ1) is 14.5. The van der Waals surface area contributed by atoms with Crippen molar-refractivity contribution < 1.29 is 14.7 Å². The fourth-order valence-corrected chi connectivity index (χ4v) is 2.78. The zero-order chi connectivity index (χ0) is 14.8. The molecule has 5 nitrogen and oxygen atoms in total. The van der Waals surface area contributed by atoms with Gasteiger partial charge in [0, 0.05) is 13.1 Å². The van der Waals surface area contributed by atoms with Gasteiger partial charge in [-0.2, -0.15) is 0 Å². The summed E-state index contributed by atoms with van der Waals surface area (Å²) in [6.45, 7) is 2.52. The van der Waals surface area contributed by atoms with Crippen LogP contribution in [0.25, 0.3) is 0 Å². The molecule has 5 heteroatoms. The first-order valence-corrected chi connectivity index (χ1v) is 6.81. The number of likely N-dealkylation sites (tertiary alicyclic amines) is 1. The number of nitrogens with two attached hydrogens (primary N) is 1. The van der Waals surface area contributed by atoms with Gasteiger partial charge in [-0.15, -0.1) is 0 Å². The van der Waals surface area contributed by atoms with Crippen LogP contribution in [-0.2, 0) is 15.0 Å². The van der Waals surface area contributed by atoms with E-state index in [1.807, 2.05) is 30.3 Å². The molecule has 1 heterocycles. The molecule has 0 saturated carbocycles. The van der Waals surface area contributed by atoms with Gasteiger partial charge in [0.05, 0.1) is 11.5 Å². The van der Waals surface area contributed by atoms with Gasteiger partial charge < -0.3 is 15.7 Å². The molecule has 1 amide bonds. The van der Waals surface area contributed by atoms with Crippen molar-refractivity contribution in [3.05, 3.63) is 35.9 Å². The topological polar surface area (TPSA) is 83.6 Å². The lowest BCUT2D eigenvalue weighted by atomic mass is 9.73. The molecule has 1 saturated heterocycles. The highest BCUT2D eigenvalue weighted by Crippen LogP contribution is 2.35. The van der Waals surface area contributed by atoms with E-state index in [0.29, 0.717) is 25.9 Å². The van der Waals surface area contributed by atoms with E-state index in [2.05, 4.69) is 0 Å². The van der Waals surface area contributed by atoms with Gasteiger partial charge in [-0.25, -0.2) is 0 Å². The van der Waals surface area contributed by atoms with E-state index in [4.69, 9.17) is 5.73 Å². The van der Waals surface area contributed by atoms with E-state index in [9.17, 15) is 14.7 Å². The van der Waals surface area contributed by atoms with E-state index >= 15 is 0 Å². The third kappa shape index (κ3) is 2.54. The second-order valence-electron chi connectivity index (χ2n) is 5.37. The zero-order valence-electron chi connectivity index (χ0n) is 11.6. The molecule has 1 aliphatic rings. The number of aliphatic carboxylic acids is 1. The number of carboxylic acids is 1. The lowest BCUT2D eigenvalue weighted by Gasteiger charge is -2.39. The Balaban J connectivity index is 2.20. The highest BCUT2D eigenvalue weighted by molar-refractivity contribution is 5.84. The van der Waals surface area contributed by atoms with Gasteiger partial charge in [0.2, 0.25) is 5.91 Å². The molecule has 0 radical (unpaired) electrons. The summed E-state index contributed by atoms with van der Waals surface area (Å²) >= 11 is 0. The molecule has 2 rings (SSSR count). The van der Waals surface area contributed by atoms with Gasteiger partial charge in [0.25, 0.3) is 0 Å². The maximum absolute atomic E-state index is 11.9. The molecular formula is C15H20N2O3. The van der Waals surface area contributed by atoms with Crippen molar-refractivity contribution in [2.24, 2.45) is 5.73 Å². The number of carbonyl (C=O) groups excluding carboxylic acids is 1. The molecule has 0 bridgehead atoms. The van der Waals surface area contributed by atoms with Gasteiger partial charge in [-0.1, -0.05) is 30.3 Å². The first-order chi connectivity index (χ1) is 9.47. The summed E-state index contributed by atoms with van der Waals surface area (Å²) in [7, 11) is 0. The molecule has 20 heavy (non-hydrogen) atoms. The van der Waals surface area contributed by atoms with Gasteiger partial charge >= 0.3 is 5.97 Å². The molecule has 1 aromatic rings. The molecule has 1 aliphatic heterocycles. The first-order valence-electron chi connectivity index (χ1n) is 6.81. The lowest BCUT2D eigenvalue weighted by Crippen LogP contribution is -2.52. The average Bonchev–Trinajstić information content (AvgIpc) is 2.47. The highest BCUT2D eigenvalue weighted by atomic mass is 16.4. The number of carboxylic acid groups (broad SMARTS) is 1. The smallest absolute Gasteiger partial charge is 0.314 e. The average molecular weight is 276 g/mol. The number of piperidine rings is 1. The van der Waals surface area contributed by atoms with E-state index < -0.39 is 17.4 Å². The molecular weight excluding hydrogens is 256 g/mol. The fourth-order valence-electron chi connectivity index (χ4n) is 2.78. The van der Waals surface area contributed by atoms with Crippen LogP contribution in [0, 0.1) is 0 Å². The maximum Gasteiger partial charge on any atom is 0.314 e. The number of benzene rings is 1. The fraction of sp³-hybridized carbons (Fsp3) is 0.467. The van der Waals surface area contributed by atoms with Crippen LogP contribution in [0.4, 0.5) is 0 Å². The monoisotopic (exact) mass is 276 g/mol. The second kappa shape index (κ2) is 5.63. The standard InChI is InChI=1S/C15H20N2O3/c1-11(16)13(18)17-9-7-15(8-10-17,14(19)20)12-5-3-2-4-6-12/h2-6,11H,7-10,16H2,1H3,(H,19,20)/t11-/m0/s1. The SMILES string of the molecule is C[C@H](N)C(=O)N1CCC(C(=O)O)(c2ccccc2)CC1. The van der Waals surface area contributed by atoms with Crippen LogP contribution in [0.5, 0.6) is 0 Å². The Morgan fingerprint density at radius 2 is 1.80 bits per heavy atom. The van der Waals surface area contributed by atoms with Crippen molar-refractivity contribution in [3.63, 3.8) is 0 Å². The van der Waals surface area contributed by atoms with Crippen LogP contribution in [0.1, 0.15) is 25.3 Å². The van der Waals surface area contributed by atoms with E-state index in [1.54, 1.807) is 11.8 Å². The van der Waals surface area contributed by atoms with Crippen LogP contribution in [0.15, 0.2) is 30.3 Å². The molecule has 0 unspecified atom stereocenters. The molecule has 3 N–H and O–H groups in total. The number of hydrogen-bond donors (Lipinski definition) is 2. The van der Waals surface area contributed by atoms with Crippen LogP contribution >= 0.6 is 0 Å². The molecule has 108 valence electrons. The summed E-state index contributed by atoms with van der Waals surface area (Å²) < 4.78 is 0. The Morgan fingerprint density at radius 3 is 2.25 bits per heavy atom. The van der Waals surface area contributed by atoms with Crippen molar-refractivity contribution >= 4 is 11.9 Å². The second-order valence-corrected chi connectivity index (χ2v) is 5.37. The third-order valence-electron chi connectivity index (χ3n) is 4.05. The Labute approximate surface area is 118 Å². The normalized spacial score (nSPS) is 19.4. The van der Waals surface area contributed by atoms with E-state index in [0.717, 1.165) is 5.56 Å². The van der Waals surface area contributed by atoms with Crippen molar-refractivity contribution in [2.75, 3.05) is 13.1 Å². The summed E-state index contributed by atoms with van der Waals surface area (Å²) in [6.07, 6.45) is 0.843. The van der Waals surface area contributed by atoms with Crippen molar-refractivity contribution in [2.45, 2.75) is 31.2 Å². The zero-order valence-corrected chi connectivity index (χ0v) is 11.6. The van der Waals surface area contributed by atoms with Crippen LogP contribution in [0.2, 0.25) is 0 Å². The predicted octanol–water partition coefficient (Wildman–Crippen LogP) is 0.979. The Hall–Kier alpha value is -1.88. The van der Waals surface area contributed by atoms with Crippen LogP contribution in [-0.4, -0.2) is 41.0 Å². The van der Waals surface area contributed by atoms with Crippen LogP contribution in [0.3, 0.4) is 0 Å². The maximum atomic E-state index is 11.9. The van der Waals surface area contributed by atoms with Gasteiger partial charge in [-0.05, 0) is 25.3 Å². The van der Waals surface area contributed by atoms with Crippen LogP contribution < -0.4 is 5.73 Å². The quantitative estimate of drug-likeness (QED) is 0.862. The molecule has 0 spiro atoms. The summed E-state index contributed by atoms with van der Waals surface area (Å²) in [5.74, 6) is -0.936. The number of carbonyl (C=O) groups is 2. The minimum absolute atomic E-state index is 0.114. The molecule has 1 atom stereocenters. The van der Waals surface area contributed by atoms with Gasteiger partial charge in [0.1, 0.15) is 0 Å². The third-order valence-corrected chi connectivity index (χ3v) is 4.05. The summed E-state index contributed by atoms with van der Waals surface area (Å²) in [5, 5.41) is 9.65. The van der Waals surface area contributed by atoms with Crippen molar-refractivity contribution in [1.82, 2.24) is 4.90 Å². The number of amides is 1. The van der Waals surface area contributed by atoms with Gasteiger partial charge in [0.15, 0.2) is 0 Å². The Bertz CT molecular complexity index is 491. The number of rotatable bonds is 3. The van der Waals surface area contributed by atoms with Crippen molar-refractivity contribution in [3.8, 4) is 0 Å². The Morgan fingerprint density at radius 1 is 1.25 bits per heavy atom. The van der Waals surface area contributed by atoms with Gasteiger partial charge in [-0.3, -0.25) is 9.59 Å². The lowest BCUT2D eigenvalue weighted by molar-refractivity contribution is -0.148. The molecule has 1 fully saturated rings. The molecule has 1 aromatic carbocycles. The Kier molecular flexibility index (Phi) is 4.09. The van der Waals surface area contributed by atoms with E-state index in [-0.39, 0.29) is 5.91 Å². The van der Waals surface area contributed by atoms with E-state index in [1.165, 1.54) is 0 Å². The van der Waals surface area contributed by atoms with Crippen molar-refractivity contribution in [1.29, 1.82) is 0 Å². The minimum Gasteiger partial charge on any atom is -0.481 e. The number of nitrogens with zero attached hydrogens (tertiary/aromatic N) is 1. The molecule has 0 aliphatic carbocycles.